The van der Waals surface area contributed by atoms with Crippen LogP contribution in [-0.4, -0.2) is 27.0 Å². The van der Waals surface area contributed by atoms with E-state index in [4.69, 9.17) is 0 Å². The summed E-state index contributed by atoms with van der Waals surface area (Å²) in [7, 11) is 0. The molecule has 0 saturated heterocycles. The molecule has 0 saturated carbocycles. The van der Waals surface area contributed by atoms with Crippen molar-refractivity contribution in [2.45, 2.75) is 19.8 Å². The van der Waals surface area contributed by atoms with Gasteiger partial charge < -0.3 is 0 Å². The molecule has 1 aromatic heterocycles. The first-order valence-electron chi connectivity index (χ1n) is 4.16. The molecule has 0 bridgehead atoms. The zero-order valence-electron chi connectivity index (χ0n) is 7.17. The van der Waals surface area contributed by atoms with Crippen molar-refractivity contribution in [2.24, 2.45) is 0 Å². The molecular weight excluding hydrogens is 217 g/mol. The fraction of sp³-hybridized carbons (Fsp3) is 0.444. The van der Waals surface area contributed by atoms with Crippen LogP contribution in [0.3, 0.4) is 0 Å². The standard InChI is InChI=1S/C9H13NOSe/c1-2-3-6-10-9(11)8-5-4-7-12-8/h4-5,7H,2-3,6H2,1H3,(H,10,11). The summed E-state index contributed by atoms with van der Waals surface area (Å²) in [5.74, 6) is 0.119. The van der Waals surface area contributed by atoms with Crippen molar-refractivity contribution in [3.8, 4) is 0 Å². The Balaban J connectivity index is 2.30. The van der Waals surface area contributed by atoms with E-state index < -0.39 is 0 Å². The Labute approximate surface area is 78.7 Å². The molecule has 0 aromatic carbocycles. The van der Waals surface area contributed by atoms with E-state index >= 15 is 0 Å². The van der Waals surface area contributed by atoms with E-state index in [-0.39, 0.29) is 20.4 Å². The van der Waals surface area contributed by atoms with Gasteiger partial charge in [0, 0.05) is 0 Å². The molecule has 1 aromatic rings. The van der Waals surface area contributed by atoms with Gasteiger partial charge in [-0.3, -0.25) is 0 Å². The molecule has 1 amide bonds. The van der Waals surface area contributed by atoms with Crippen LogP contribution in [0, 0.1) is 0 Å². The summed E-state index contributed by atoms with van der Waals surface area (Å²) < 4.78 is 0.943. The Bertz CT molecular complexity index is 231. The summed E-state index contributed by atoms with van der Waals surface area (Å²) in [5.41, 5.74) is 0. The molecular formula is C9H13NOSe. The average Bonchev–Trinajstić information content (AvgIpc) is 2.56. The SMILES string of the molecule is CCCCNC(=O)c1ccc[se]1. The van der Waals surface area contributed by atoms with Crippen molar-refractivity contribution in [3.63, 3.8) is 0 Å². The number of unbranched alkanes of at least 4 members (excludes halogenated alkanes) is 1. The fourth-order valence-corrected chi connectivity index (χ4v) is 2.22. The molecule has 0 aliphatic carbocycles. The van der Waals surface area contributed by atoms with Gasteiger partial charge in [0.1, 0.15) is 0 Å². The van der Waals surface area contributed by atoms with Crippen LogP contribution < -0.4 is 5.32 Å². The third kappa shape index (κ3) is 2.84. The monoisotopic (exact) mass is 231 g/mol. The Morgan fingerprint density at radius 3 is 3.08 bits per heavy atom. The van der Waals surface area contributed by atoms with Crippen LogP contribution in [0.25, 0.3) is 0 Å². The summed E-state index contributed by atoms with van der Waals surface area (Å²) in [6.07, 6.45) is 2.20. The molecule has 66 valence electrons. The second kappa shape index (κ2) is 5.17. The van der Waals surface area contributed by atoms with E-state index in [9.17, 15) is 4.79 Å². The minimum absolute atomic E-state index is 0.119. The minimum atomic E-state index is 0.119. The van der Waals surface area contributed by atoms with Crippen LogP contribution in [0.4, 0.5) is 0 Å². The number of rotatable bonds is 4. The molecule has 1 rings (SSSR count). The second-order valence-electron chi connectivity index (χ2n) is 2.59. The first kappa shape index (κ1) is 9.56. The summed E-state index contributed by atoms with van der Waals surface area (Å²) in [4.78, 5) is 13.4. The zero-order valence-corrected chi connectivity index (χ0v) is 8.88. The van der Waals surface area contributed by atoms with Gasteiger partial charge in [-0.05, 0) is 0 Å². The van der Waals surface area contributed by atoms with Gasteiger partial charge in [0.2, 0.25) is 0 Å². The normalized spacial score (nSPS) is 9.75. The molecule has 0 aliphatic rings. The van der Waals surface area contributed by atoms with Gasteiger partial charge in [0.25, 0.3) is 0 Å². The second-order valence-corrected chi connectivity index (χ2v) is 4.58. The van der Waals surface area contributed by atoms with Gasteiger partial charge in [-0.25, -0.2) is 0 Å². The number of carbonyl (C=O) groups excluding carboxylic acids is 1. The average molecular weight is 230 g/mol. The van der Waals surface area contributed by atoms with Gasteiger partial charge in [0.05, 0.1) is 0 Å². The Hall–Kier alpha value is -0.531. The number of nitrogens with one attached hydrogen (secondary N) is 1. The van der Waals surface area contributed by atoms with Crippen molar-refractivity contribution >= 4 is 20.4 Å². The van der Waals surface area contributed by atoms with Crippen molar-refractivity contribution in [1.82, 2.24) is 5.32 Å². The Kier molecular flexibility index (Phi) is 4.12. The molecule has 12 heavy (non-hydrogen) atoms. The van der Waals surface area contributed by atoms with Crippen LogP contribution in [0.5, 0.6) is 0 Å². The molecule has 1 N–H and O–H groups in total. The molecule has 1 heterocycles. The van der Waals surface area contributed by atoms with Gasteiger partial charge in [-0.1, -0.05) is 0 Å². The third-order valence-electron chi connectivity index (χ3n) is 1.56. The van der Waals surface area contributed by atoms with E-state index in [1.165, 1.54) is 0 Å². The zero-order chi connectivity index (χ0) is 8.81. The molecule has 0 fully saturated rings. The maximum absolute atomic E-state index is 11.3. The van der Waals surface area contributed by atoms with E-state index in [1.807, 2.05) is 12.1 Å². The van der Waals surface area contributed by atoms with Crippen molar-refractivity contribution in [2.75, 3.05) is 6.54 Å². The van der Waals surface area contributed by atoms with Crippen molar-refractivity contribution in [1.29, 1.82) is 0 Å². The quantitative estimate of drug-likeness (QED) is 0.612. The van der Waals surface area contributed by atoms with Crippen LogP contribution in [0.2, 0.25) is 0 Å². The van der Waals surface area contributed by atoms with Gasteiger partial charge in [-0.15, -0.1) is 0 Å². The van der Waals surface area contributed by atoms with Gasteiger partial charge in [0.15, 0.2) is 0 Å². The van der Waals surface area contributed by atoms with Crippen molar-refractivity contribution in [3.05, 3.63) is 21.5 Å². The topological polar surface area (TPSA) is 29.1 Å². The Morgan fingerprint density at radius 2 is 2.50 bits per heavy atom. The van der Waals surface area contributed by atoms with Crippen LogP contribution in [-0.2, 0) is 0 Å². The fourth-order valence-electron chi connectivity index (χ4n) is 0.874. The Morgan fingerprint density at radius 1 is 1.67 bits per heavy atom. The van der Waals surface area contributed by atoms with E-state index in [0.717, 1.165) is 23.8 Å². The summed E-state index contributed by atoms with van der Waals surface area (Å²) in [6.45, 7) is 2.93. The first-order valence-corrected chi connectivity index (χ1v) is 6.01. The summed E-state index contributed by atoms with van der Waals surface area (Å²) in [5, 5.41) is 2.89. The molecule has 0 spiro atoms. The first-order chi connectivity index (χ1) is 5.84. The van der Waals surface area contributed by atoms with Crippen molar-refractivity contribution < 1.29 is 4.79 Å². The number of hydrogen-bond donors (Lipinski definition) is 1. The summed E-state index contributed by atoms with van der Waals surface area (Å²) in [6, 6.07) is 3.86. The van der Waals surface area contributed by atoms with Gasteiger partial charge >= 0.3 is 78.3 Å². The van der Waals surface area contributed by atoms with E-state index in [2.05, 4.69) is 17.2 Å². The molecule has 0 aliphatic heterocycles. The van der Waals surface area contributed by atoms with Crippen LogP contribution in [0.15, 0.2) is 17.1 Å². The predicted octanol–water partition coefficient (Wildman–Crippen LogP) is 1.27. The molecule has 2 nitrogen and oxygen atoms in total. The van der Waals surface area contributed by atoms with E-state index in [0.29, 0.717) is 0 Å². The third-order valence-corrected chi connectivity index (χ3v) is 3.38. The molecule has 3 heteroatoms. The van der Waals surface area contributed by atoms with Gasteiger partial charge in [-0.2, -0.15) is 0 Å². The molecule has 0 unspecified atom stereocenters. The van der Waals surface area contributed by atoms with E-state index in [1.54, 1.807) is 0 Å². The number of amides is 1. The molecule has 0 radical (unpaired) electrons. The van der Waals surface area contributed by atoms with Crippen LogP contribution >= 0.6 is 0 Å². The molecule has 0 atom stereocenters. The predicted molar refractivity (Wildman–Crippen MR) is 50.6 cm³/mol. The van der Waals surface area contributed by atoms with Crippen LogP contribution in [0.1, 0.15) is 29.0 Å². The maximum atomic E-state index is 11.3. The summed E-state index contributed by atoms with van der Waals surface area (Å²) >= 11 is 0.274. The number of hydrogen-bond acceptors (Lipinski definition) is 1. The number of carbonyl (C=O) groups is 1.